The number of aromatic nitrogens is 2. The number of amides is 1. The predicted octanol–water partition coefficient (Wildman–Crippen LogP) is 3.10. The summed E-state index contributed by atoms with van der Waals surface area (Å²) in [7, 11) is -3.72. The van der Waals surface area contributed by atoms with Crippen LogP contribution in [0.5, 0.6) is 0 Å². The Balaban J connectivity index is 1.66. The third-order valence-corrected chi connectivity index (χ3v) is 7.07. The molecule has 1 aliphatic rings. The molecule has 1 amide bonds. The Kier molecular flexibility index (Phi) is 6.00. The van der Waals surface area contributed by atoms with Gasteiger partial charge in [0, 0.05) is 11.6 Å². The summed E-state index contributed by atoms with van der Waals surface area (Å²) < 4.78 is 27.6. The summed E-state index contributed by atoms with van der Waals surface area (Å²) in [4.78, 5) is 12.2. The lowest BCUT2D eigenvalue weighted by Gasteiger charge is -2.14. The van der Waals surface area contributed by atoms with E-state index in [1.54, 1.807) is 12.1 Å². The lowest BCUT2D eigenvalue weighted by molar-refractivity contribution is 0.102. The van der Waals surface area contributed by atoms with Crippen LogP contribution in [0.4, 0.5) is 5.13 Å². The number of sulfonamides is 1. The SMILES string of the molecule is Cc1ccc(C(=O)Nc2nnc(S(=O)(=O)NC3CCCCCC3)s2)cc1. The van der Waals surface area contributed by atoms with E-state index in [-0.39, 0.29) is 21.4 Å². The van der Waals surface area contributed by atoms with Gasteiger partial charge in [-0.3, -0.25) is 10.1 Å². The molecule has 1 heterocycles. The zero-order valence-corrected chi connectivity index (χ0v) is 16.2. The monoisotopic (exact) mass is 394 g/mol. The number of hydrogen-bond donors (Lipinski definition) is 2. The number of nitrogens with zero attached hydrogens (tertiary/aromatic N) is 2. The first-order valence-electron chi connectivity index (χ1n) is 8.68. The van der Waals surface area contributed by atoms with Crippen molar-refractivity contribution in [3.8, 4) is 0 Å². The lowest BCUT2D eigenvalue weighted by atomic mass is 10.1. The van der Waals surface area contributed by atoms with E-state index in [0.717, 1.165) is 55.4 Å². The first kappa shape index (κ1) is 18.9. The van der Waals surface area contributed by atoms with Crippen molar-refractivity contribution in [3.05, 3.63) is 35.4 Å². The van der Waals surface area contributed by atoms with Crippen molar-refractivity contribution in [2.45, 2.75) is 55.8 Å². The maximum atomic E-state index is 12.5. The standard InChI is InChI=1S/C17H22N4O3S2/c1-12-8-10-13(11-9-12)15(22)18-16-19-20-17(25-16)26(23,24)21-14-6-4-2-3-5-7-14/h8-11,14,21H,2-7H2,1H3,(H,18,19,22). The predicted molar refractivity (Wildman–Crippen MR) is 101 cm³/mol. The van der Waals surface area contributed by atoms with E-state index in [2.05, 4.69) is 20.2 Å². The van der Waals surface area contributed by atoms with Gasteiger partial charge in [0.2, 0.25) is 9.47 Å². The molecule has 2 N–H and O–H groups in total. The number of nitrogens with one attached hydrogen (secondary N) is 2. The van der Waals surface area contributed by atoms with E-state index >= 15 is 0 Å². The average Bonchev–Trinajstić information content (AvgIpc) is 2.93. The van der Waals surface area contributed by atoms with E-state index in [1.165, 1.54) is 0 Å². The molecule has 0 atom stereocenters. The van der Waals surface area contributed by atoms with Crippen molar-refractivity contribution >= 4 is 32.4 Å². The molecule has 1 aliphatic carbocycles. The summed E-state index contributed by atoms with van der Waals surface area (Å²) in [5.74, 6) is -0.346. The molecular formula is C17H22N4O3S2. The minimum absolute atomic E-state index is 0.0583. The molecule has 2 aromatic rings. The molecule has 7 nitrogen and oxygen atoms in total. The quantitative estimate of drug-likeness (QED) is 0.599. The Morgan fingerprint density at radius 2 is 1.73 bits per heavy atom. The molecule has 0 radical (unpaired) electrons. The Morgan fingerprint density at radius 3 is 2.38 bits per heavy atom. The smallest absolute Gasteiger partial charge is 0.270 e. The van der Waals surface area contributed by atoms with Gasteiger partial charge < -0.3 is 0 Å². The second-order valence-corrected chi connectivity index (χ2v) is 9.37. The van der Waals surface area contributed by atoms with Crippen LogP contribution in [-0.2, 0) is 10.0 Å². The molecule has 0 unspecified atom stereocenters. The van der Waals surface area contributed by atoms with Gasteiger partial charge in [-0.2, -0.15) is 0 Å². The van der Waals surface area contributed by atoms with Gasteiger partial charge in [-0.15, -0.1) is 10.2 Å². The van der Waals surface area contributed by atoms with Gasteiger partial charge in [-0.05, 0) is 31.9 Å². The molecule has 0 bridgehead atoms. The second-order valence-electron chi connectivity index (χ2n) is 6.50. The Labute approximate surface area is 157 Å². The first-order valence-corrected chi connectivity index (χ1v) is 11.0. The fourth-order valence-electron chi connectivity index (χ4n) is 2.91. The van der Waals surface area contributed by atoms with Gasteiger partial charge in [-0.25, -0.2) is 13.1 Å². The zero-order chi connectivity index (χ0) is 18.6. The fraction of sp³-hybridized carbons (Fsp3) is 0.471. The molecule has 0 spiro atoms. The Morgan fingerprint density at radius 1 is 1.08 bits per heavy atom. The normalized spacial score (nSPS) is 16.2. The van der Waals surface area contributed by atoms with Crippen molar-refractivity contribution in [2.75, 3.05) is 5.32 Å². The number of rotatable bonds is 5. The van der Waals surface area contributed by atoms with E-state index in [1.807, 2.05) is 19.1 Å². The molecule has 140 valence electrons. The van der Waals surface area contributed by atoms with Gasteiger partial charge in [0.15, 0.2) is 0 Å². The summed E-state index contributed by atoms with van der Waals surface area (Å²) in [6, 6.07) is 7.02. The van der Waals surface area contributed by atoms with E-state index in [4.69, 9.17) is 0 Å². The summed E-state index contributed by atoms with van der Waals surface area (Å²) in [6.07, 6.45) is 6.03. The fourth-order valence-corrected chi connectivity index (χ4v) is 5.13. The van der Waals surface area contributed by atoms with Crippen LogP contribution in [0.25, 0.3) is 0 Å². The second kappa shape index (κ2) is 8.24. The number of carbonyl (C=O) groups excluding carboxylic acids is 1. The molecule has 1 aromatic carbocycles. The van der Waals surface area contributed by atoms with Crippen LogP contribution in [0.3, 0.4) is 0 Å². The molecular weight excluding hydrogens is 372 g/mol. The van der Waals surface area contributed by atoms with Crippen LogP contribution in [-0.4, -0.2) is 30.6 Å². The topological polar surface area (TPSA) is 101 Å². The minimum atomic E-state index is -3.72. The number of aryl methyl sites for hydroxylation is 1. The molecule has 0 saturated heterocycles. The average molecular weight is 395 g/mol. The largest absolute Gasteiger partial charge is 0.296 e. The van der Waals surface area contributed by atoms with Gasteiger partial charge in [0.25, 0.3) is 15.9 Å². The highest BCUT2D eigenvalue weighted by Gasteiger charge is 2.25. The summed E-state index contributed by atoms with van der Waals surface area (Å²) in [6.45, 7) is 1.94. The van der Waals surface area contributed by atoms with Crippen LogP contribution in [0.1, 0.15) is 54.4 Å². The molecule has 3 rings (SSSR count). The number of benzene rings is 1. The molecule has 1 aromatic heterocycles. The van der Waals surface area contributed by atoms with Crippen molar-refractivity contribution < 1.29 is 13.2 Å². The van der Waals surface area contributed by atoms with Crippen molar-refractivity contribution in [2.24, 2.45) is 0 Å². The molecule has 1 fully saturated rings. The van der Waals surface area contributed by atoms with Crippen molar-refractivity contribution in [1.29, 1.82) is 0 Å². The Bertz CT molecular complexity index is 854. The van der Waals surface area contributed by atoms with E-state index < -0.39 is 10.0 Å². The number of anilines is 1. The maximum Gasteiger partial charge on any atom is 0.270 e. The Hall–Kier alpha value is -1.84. The summed E-state index contributed by atoms with van der Waals surface area (Å²) in [5.41, 5.74) is 1.53. The highest BCUT2D eigenvalue weighted by Crippen LogP contribution is 2.23. The van der Waals surface area contributed by atoms with Crippen LogP contribution >= 0.6 is 11.3 Å². The summed E-state index contributed by atoms with van der Waals surface area (Å²) >= 11 is 0.855. The first-order chi connectivity index (χ1) is 12.4. The highest BCUT2D eigenvalue weighted by molar-refractivity contribution is 7.91. The molecule has 1 saturated carbocycles. The van der Waals surface area contributed by atoms with Gasteiger partial charge in [0.1, 0.15) is 0 Å². The van der Waals surface area contributed by atoms with Crippen molar-refractivity contribution in [3.63, 3.8) is 0 Å². The highest BCUT2D eigenvalue weighted by atomic mass is 32.2. The van der Waals surface area contributed by atoms with Crippen molar-refractivity contribution in [1.82, 2.24) is 14.9 Å². The molecule has 26 heavy (non-hydrogen) atoms. The number of carbonyl (C=O) groups is 1. The van der Waals surface area contributed by atoms with Gasteiger partial charge in [0.05, 0.1) is 0 Å². The van der Waals surface area contributed by atoms with E-state index in [9.17, 15) is 13.2 Å². The maximum absolute atomic E-state index is 12.5. The molecule has 0 aliphatic heterocycles. The minimum Gasteiger partial charge on any atom is -0.296 e. The lowest BCUT2D eigenvalue weighted by Crippen LogP contribution is -2.34. The van der Waals surface area contributed by atoms with Gasteiger partial charge in [-0.1, -0.05) is 54.7 Å². The number of hydrogen-bond acceptors (Lipinski definition) is 6. The summed E-state index contributed by atoms with van der Waals surface area (Å²) in [5, 5.41) is 10.3. The van der Waals surface area contributed by atoms with Crippen LogP contribution < -0.4 is 10.0 Å². The van der Waals surface area contributed by atoms with Gasteiger partial charge >= 0.3 is 0 Å². The zero-order valence-electron chi connectivity index (χ0n) is 14.6. The molecule has 9 heteroatoms. The van der Waals surface area contributed by atoms with Crippen LogP contribution in [0, 0.1) is 6.92 Å². The van der Waals surface area contributed by atoms with Crippen LogP contribution in [0.15, 0.2) is 28.6 Å². The van der Waals surface area contributed by atoms with Crippen LogP contribution in [0.2, 0.25) is 0 Å². The van der Waals surface area contributed by atoms with E-state index in [0.29, 0.717) is 5.56 Å². The third-order valence-electron chi connectivity index (χ3n) is 4.35. The third kappa shape index (κ3) is 4.87.